The van der Waals surface area contributed by atoms with Gasteiger partial charge in [0.2, 0.25) is 5.91 Å². The number of carbonyl (C=O) groups excluding carboxylic acids is 3. The topological polar surface area (TPSA) is 66.5 Å². The van der Waals surface area contributed by atoms with Gasteiger partial charge in [0.15, 0.2) is 10.5 Å². The Morgan fingerprint density at radius 3 is 2.56 bits per heavy atom. The number of thioether (sulfide) groups is 1. The third-order valence-electron chi connectivity index (χ3n) is 4.21. The van der Waals surface area contributed by atoms with Crippen molar-refractivity contribution >= 4 is 40.7 Å². The molecule has 128 valence electrons. The Balaban J connectivity index is 1.90. The van der Waals surface area contributed by atoms with Crippen molar-refractivity contribution in [2.45, 2.75) is 23.5 Å². The average molecular weight is 354 g/mol. The van der Waals surface area contributed by atoms with Gasteiger partial charge >= 0.3 is 0 Å². The van der Waals surface area contributed by atoms with Crippen LogP contribution in [-0.4, -0.2) is 29.4 Å². The highest BCUT2D eigenvalue weighted by Crippen LogP contribution is 2.45. The average Bonchev–Trinajstić information content (AvgIpc) is 2.60. The molecule has 0 bridgehead atoms. The second-order valence-corrected chi connectivity index (χ2v) is 7.52. The van der Waals surface area contributed by atoms with E-state index in [1.54, 1.807) is 38.2 Å². The van der Waals surface area contributed by atoms with Gasteiger partial charge in [0.1, 0.15) is 0 Å². The van der Waals surface area contributed by atoms with Gasteiger partial charge in [-0.25, -0.2) is 0 Å². The summed E-state index contributed by atoms with van der Waals surface area (Å²) in [7, 11) is 1.67. The van der Waals surface area contributed by atoms with E-state index in [1.807, 2.05) is 24.3 Å². The number of anilines is 2. The molecule has 1 unspecified atom stereocenters. The van der Waals surface area contributed by atoms with Crippen LogP contribution in [0.1, 0.15) is 24.2 Å². The molecule has 1 atom stereocenters. The van der Waals surface area contributed by atoms with Crippen molar-refractivity contribution in [1.29, 1.82) is 0 Å². The van der Waals surface area contributed by atoms with Gasteiger partial charge in [0.25, 0.3) is 5.91 Å². The van der Waals surface area contributed by atoms with Gasteiger partial charge < -0.3 is 10.2 Å². The molecule has 25 heavy (non-hydrogen) atoms. The molecule has 1 aliphatic rings. The lowest BCUT2D eigenvalue weighted by atomic mass is 10.1. The highest BCUT2D eigenvalue weighted by atomic mass is 32.2. The first-order chi connectivity index (χ1) is 11.8. The van der Waals surface area contributed by atoms with Crippen LogP contribution in [0.4, 0.5) is 11.4 Å². The SMILES string of the molecule is CC(=O)c1cccc(NC(=O)C2(C)Sc3ccccc3N(C)C2=O)c1. The monoisotopic (exact) mass is 354 g/mol. The van der Waals surface area contributed by atoms with Crippen LogP contribution in [-0.2, 0) is 9.59 Å². The number of hydrogen-bond donors (Lipinski definition) is 1. The van der Waals surface area contributed by atoms with Crippen LogP contribution in [0.3, 0.4) is 0 Å². The van der Waals surface area contributed by atoms with Crippen LogP contribution in [0.15, 0.2) is 53.4 Å². The molecule has 6 heteroatoms. The fraction of sp³-hybridized carbons (Fsp3) is 0.211. The Morgan fingerprint density at radius 2 is 1.84 bits per heavy atom. The molecule has 5 nitrogen and oxygen atoms in total. The molecule has 0 aliphatic carbocycles. The van der Waals surface area contributed by atoms with Crippen molar-refractivity contribution in [3.05, 3.63) is 54.1 Å². The number of benzene rings is 2. The summed E-state index contributed by atoms with van der Waals surface area (Å²) < 4.78 is -1.28. The third kappa shape index (κ3) is 3.05. The Kier molecular flexibility index (Phi) is 4.39. The Labute approximate surface area is 150 Å². The second-order valence-electron chi connectivity index (χ2n) is 6.06. The minimum atomic E-state index is -1.28. The van der Waals surface area contributed by atoms with Gasteiger partial charge in [0.05, 0.1) is 5.69 Å². The fourth-order valence-corrected chi connectivity index (χ4v) is 3.99. The van der Waals surface area contributed by atoms with Crippen LogP contribution in [0.25, 0.3) is 0 Å². The van der Waals surface area contributed by atoms with E-state index in [9.17, 15) is 14.4 Å². The summed E-state index contributed by atoms with van der Waals surface area (Å²) in [6.07, 6.45) is 0. The van der Waals surface area contributed by atoms with E-state index < -0.39 is 10.7 Å². The molecule has 0 spiro atoms. The maximum absolute atomic E-state index is 12.9. The predicted octanol–water partition coefficient (Wildman–Crippen LogP) is 3.36. The number of carbonyl (C=O) groups is 3. The number of nitrogens with zero attached hydrogens (tertiary/aromatic N) is 1. The molecule has 0 radical (unpaired) electrons. The highest BCUT2D eigenvalue weighted by molar-refractivity contribution is 8.02. The van der Waals surface area contributed by atoms with Crippen molar-refractivity contribution in [3.8, 4) is 0 Å². The molecule has 1 aliphatic heterocycles. The summed E-state index contributed by atoms with van der Waals surface area (Å²) in [5, 5.41) is 2.77. The summed E-state index contributed by atoms with van der Waals surface area (Å²) in [6.45, 7) is 3.09. The summed E-state index contributed by atoms with van der Waals surface area (Å²) >= 11 is 1.24. The van der Waals surface area contributed by atoms with E-state index in [0.29, 0.717) is 11.3 Å². The summed E-state index contributed by atoms with van der Waals surface area (Å²) in [4.78, 5) is 39.6. The van der Waals surface area contributed by atoms with Crippen molar-refractivity contribution < 1.29 is 14.4 Å². The van der Waals surface area contributed by atoms with E-state index >= 15 is 0 Å². The van der Waals surface area contributed by atoms with Gasteiger partial charge in [-0.3, -0.25) is 14.4 Å². The predicted molar refractivity (Wildman–Crippen MR) is 99.2 cm³/mol. The van der Waals surface area contributed by atoms with Gasteiger partial charge in [-0.15, -0.1) is 0 Å². The summed E-state index contributed by atoms with van der Waals surface area (Å²) in [5.41, 5.74) is 1.79. The number of nitrogens with one attached hydrogen (secondary N) is 1. The number of Topliss-reactive ketones (excluding diaryl/α,β-unsaturated/α-hetero) is 1. The maximum Gasteiger partial charge on any atom is 0.252 e. The maximum atomic E-state index is 12.9. The van der Waals surface area contributed by atoms with Crippen LogP contribution >= 0.6 is 11.8 Å². The molecule has 2 aromatic rings. The molecule has 0 saturated heterocycles. The number of para-hydroxylation sites is 1. The Hall–Kier alpha value is -2.60. The van der Waals surface area contributed by atoms with Crippen molar-refractivity contribution in [1.82, 2.24) is 0 Å². The molecular weight excluding hydrogens is 336 g/mol. The Bertz CT molecular complexity index is 880. The number of fused-ring (bicyclic) bond motifs is 1. The van der Waals surface area contributed by atoms with Crippen LogP contribution in [0, 0.1) is 0 Å². The minimum absolute atomic E-state index is 0.0842. The molecule has 0 saturated carbocycles. The number of amides is 2. The molecule has 1 heterocycles. The zero-order chi connectivity index (χ0) is 18.2. The second kappa shape index (κ2) is 6.37. The first-order valence-corrected chi connectivity index (χ1v) is 8.63. The summed E-state index contributed by atoms with van der Waals surface area (Å²) in [5.74, 6) is -0.778. The molecule has 1 N–H and O–H groups in total. The zero-order valence-corrected chi connectivity index (χ0v) is 15.0. The number of hydrogen-bond acceptors (Lipinski definition) is 4. The molecule has 0 aromatic heterocycles. The first kappa shape index (κ1) is 17.2. The van der Waals surface area contributed by atoms with Crippen molar-refractivity contribution in [3.63, 3.8) is 0 Å². The lowest BCUT2D eigenvalue weighted by molar-refractivity contribution is -0.128. The van der Waals surface area contributed by atoms with Crippen molar-refractivity contribution in [2.24, 2.45) is 0 Å². The number of rotatable bonds is 3. The molecule has 3 rings (SSSR count). The summed E-state index contributed by atoms with van der Waals surface area (Å²) in [6, 6.07) is 14.2. The quantitative estimate of drug-likeness (QED) is 0.678. The van der Waals surface area contributed by atoms with Gasteiger partial charge in [0, 0.05) is 23.2 Å². The molecule has 2 amide bonds. The minimum Gasteiger partial charge on any atom is -0.324 e. The van der Waals surface area contributed by atoms with Crippen LogP contribution in [0.2, 0.25) is 0 Å². The number of ketones is 1. The van der Waals surface area contributed by atoms with Gasteiger partial charge in [-0.05, 0) is 38.1 Å². The highest BCUT2D eigenvalue weighted by Gasteiger charge is 2.48. The fourth-order valence-electron chi connectivity index (χ4n) is 2.72. The third-order valence-corrected chi connectivity index (χ3v) is 5.55. The molecule has 2 aromatic carbocycles. The smallest absolute Gasteiger partial charge is 0.252 e. The van der Waals surface area contributed by atoms with E-state index in [-0.39, 0.29) is 11.7 Å². The van der Waals surface area contributed by atoms with Gasteiger partial charge in [-0.2, -0.15) is 0 Å². The van der Waals surface area contributed by atoms with E-state index in [0.717, 1.165) is 10.6 Å². The largest absolute Gasteiger partial charge is 0.324 e. The standard InChI is InChI=1S/C19H18N2O3S/c1-12(22)13-7-6-8-14(11-13)20-17(23)19(2)18(24)21(3)15-9-4-5-10-16(15)25-19/h4-11H,1-3H3,(H,20,23). The molecular formula is C19H18N2O3S. The van der Waals surface area contributed by atoms with E-state index in [4.69, 9.17) is 0 Å². The van der Waals surface area contributed by atoms with E-state index in [2.05, 4.69) is 5.32 Å². The van der Waals surface area contributed by atoms with E-state index in [1.165, 1.54) is 23.6 Å². The molecule has 0 fully saturated rings. The van der Waals surface area contributed by atoms with Gasteiger partial charge in [-0.1, -0.05) is 36.0 Å². The normalized spacial score (nSPS) is 19.3. The lowest BCUT2D eigenvalue weighted by Crippen LogP contribution is -2.53. The first-order valence-electron chi connectivity index (χ1n) is 7.81. The zero-order valence-electron chi connectivity index (χ0n) is 14.2. The van der Waals surface area contributed by atoms with Crippen LogP contribution < -0.4 is 10.2 Å². The Morgan fingerprint density at radius 1 is 1.12 bits per heavy atom. The van der Waals surface area contributed by atoms with Crippen LogP contribution in [0.5, 0.6) is 0 Å². The van der Waals surface area contributed by atoms with Crippen molar-refractivity contribution in [2.75, 3.05) is 17.3 Å². The lowest BCUT2D eigenvalue weighted by Gasteiger charge is -2.36.